The van der Waals surface area contributed by atoms with Gasteiger partial charge in [0.25, 0.3) is 0 Å². The van der Waals surface area contributed by atoms with Crippen LogP contribution in [0.2, 0.25) is 5.02 Å². The van der Waals surface area contributed by atoms with Gasteiger partial charge in [-0.15, -0.1) is 0 Å². The number of fused-ring (bicyclic) bond motifs is 1. The molecular weight excluding hydrogens is 372 g/mol. The van der Waals surface area contributed by atoms with Crippen molar-refractivity contribution in [2.45, 2.75) is 51.1 Å². The molecule has 27 heavy (non-hydrogen) atoms. The van der Waals surface area contributed by atoms with Crippen LogP contribution in [0.15, 0.2) is 31.9 Å². The summed E-state index contributed by atoms with van der Waals surface area (Å²) in [6, 6.07) is 5.03. The Morgan fingerprint density at radius 2 is 2.04 bits per heavy atom. The predicted molar refractivity (Wildman–Crippen MR) is 97.8 cm³/mol. The zero-order chi connectivity index (χ0) is 18.8. The minimum absolute atomic E-state index is 0.0202. The third-order valence-electron chi connectivity index (χ3n) is 4.78. The number of oxazole rings is 1. The summed E-state index contributed by atoms with van der Waals surface area (Å²) < 4.78 is 11.6. The Morgan fingerprint density at radius 1 is 1.26 bits per heavy atom. The van der Waals surface area contributed by atoms with Gasteiger partial charge in [-0.25, -0.2) is 4.79 Å². The zero-order valence-electron chi connectivity index (χ0n) is 14.6. The summed E-state index contributed by atoms with van der Waals surface area (Å²) >= 11 is 5.99. The maximum atomic E-state index is 12.4. The van der Waals surface area contributed by atoms with Gasteiger partial charge in [-0.2, -0.15) is 4.98 Å². The number of hydrogen-bond donors (Lipinski definition) is 1. The summed E-state index contributed by atoms with van der Waals surface area (Å²) in [5.41, 5.74) is 0.945. The number of amides is 1. The molecule has 0 unspecified atom stereocenters. The Balaban J connectivity index is 1.50. The number of halogens is 1. The molecule has 0 atom stereocenters. The van der Waals surface area contributed by atoms with Gasteiger partial charge in [0, 0.05) is 11.1 Å². The molecule has 8 nitrogen and oxygen atoms in total. The van der Waals surface area contributed by atoms with E-state index in [2.05, 4.69) is 15.5 Å². The van der Waals surface area contributed by atoms with Crippen molar-refractivity contribution in [3.8, 4) is 0 Å². The quantitative estimate of drug-likeness (QED) is 0.686. The summed E-state index contributed by atoms with van der Waals surface area (Å²) in [5, 5.41) is 7.25. The van der Waals surface area contributed by atoms with Crippen LogP contribution in [0.1, 0.15) is 55.0 Å². The number of nitrogens with one attached hydrogen (secondary N) is 1. The smallest absolute Gasteiger partial charge is 0.408 e. The lowest BCUT2D eigenvalue weighted by atomic mass is 10.1. The molecule has 9 heteroatoms. The molecule has 0 spiro atoms. The van der Waals surface area contributed by atoms with Crippen molar-refractivity contribution in [3.05, 3.63) is 45.5 Å². The molecule has 1 aliphatic carbocycles. The second-order valence-electron chi connectivity index (χ2n) is 6.74. The zero-order valence-corrected chi connectivity index (χ0v) is 15.4. The Morgan fingerprint density at radius 3 is 2.81 bits per heavy atom. The van der Waals surface area contributed by atoms with Gasteiger partial charge in [-0.3, -0.25) is 9.36 Å². The summed E-state index contributed by atoms with van der Waals surface area (Å²) in [7, 11) is 0. The molecule has 4 rings (SSSR count). The van der Waals surface area contributed by atoms with E-state index < -0.39 is 5.76 Å². The van der Waals surface area contributed by atoms with Crippen molar-refractivity contribution in [2.24, 2.45) is 0 Å². The number of carbonyl (C=O) groups is 1. The fraction of sp³-hybridized carbons (Fsp3) is 0.444. The van der Waals surface area contributed by atoms with E-state index >= 15 is 0 Å². The van der Waals surface area contributed by atoms with Gasteiger partial charge in [0.05, 0.1) is 12.1 Å². The maximum Gasteiger partial charge on any atom is 0.420 e. The fourth-order valence-corrected chi connectivity index (χ4v) is 3.57. The molecule has 1 fully saturated rings. The fourth-order valence-electron chi connectivity index (χ4n) is 3.41. The van der Waals surface area contributed by atoms with E-state index in [1.165, 1.54) is 17.4 Å². The second kappa shape index (κ2) is 7.56. The molecule has 0 saturated heterocycles. The second-order valence-corrected chi connectivity index (χ2v) is 7.18. The Bertz CT molecular complexity index is 1010. The lowest BCUT2D eigenvalue weighted by molar-refractivity contribution is 0.0889. The van der Waals surface area contributed by atoms with Gasteiger partial charge in [0.1, 0.15) is 0 Å². The minimum atomic E-state index is -0.554. The van der Waals surface area contributed by atoms with E-state index in [4.69, 9.17) is 20.5 Å². The lowest BCUT2D eigenvalue weighted by Gasteiger charge is -2.14. The van der Waals surface area contributed by atoms with Crippen LogP contribution in [0, 0.1) is 0 Å². The van der Waals surface area contributed by atoms with Crippen molar-refractivity contribution in [1.82, 2.24) is 20.0 Å². The largest absolute Gasteiger partial charge is 0.420 e. The van der Waals surface area contributed by atoms with Crippen molar-refractivity contribution in [1.29, 1.82) is 0 Å². The first-order valence-electron chi connectivity index (χ1n) is 9.02. The standard InChI is InChI=1S/C18H19ClN4O4/c19-11-7-8-14-13(9-11)23(18(25)26-14)10-15-21-17(27-22-15)16(24)20-12-5-3-1-2-4-6-12/h7-9,12H,1-6,10H2,(H,20,24). The minimum Gasteiger partial charge on any atom is -0.408 e. The molecule has 1 aliphatic rings. The molecule has 2 aromatic heterocycles. The van der Waals surface area contributed by atoms with E-state index in [-0.39, 0.29) is 30.2 Å². The SMILES string of the molecule is O=C(NC1CCCCCC1)c1nc(Cn2c(=O)oc3ccc(Cl)cc32)no1. The molecule has 3 aromatic rings. The Hall–Kier alpha value is -2.61. The average molecular weight is 391 g/mol. The summed E-state index contributed by atoms with van der Waals surface area (Å²) in [6.45, 7) is 0.0202. The van der Waals surface area contributed by atoms with Crippen molar-refractivity contribution in [3.63, 3.8) is 0 Å². The molecule has 0 bridgehead atoms. The van der Waals surface area contributed by atoms with Crippen LogP contribution in [0.5, 0.6) is 0 Å². The monoisotopic (exact) mass is 390 g/mol. The molecule has 2 heterocycles. The highest BCUT2D eigenvalue weighted by Gasteiger charge is 2.21. The Kier molecular flexibility index (Phi) is 4.98. The van der Waals surface area contributed by atoms with E-state index in [1.54, 1.807) is 18.2 Å². The molecule has 0 radical (unpaired) electrons. The maximum absolute atomic E-state index is 12.4. The summed E-state index contributed by atoms with van der Waals surface area (Å²) in [6.07, 6.45) is 6.55. The van der Waals surface area contributed by atoms with E-state index in [1.807, 2.05) is 0 Å². The van der Waals surface area contributed by atoms with Crippen molar-refractivity contribution >= 4 is 28.6 Å². The van der Waals surface area contributed by atoms with Gasteiger partial charge in [0.2, 0.25) is 0 Å². The normalized spacial score (nSPS) is 15.7. The van der Waals surface area contributed by atoms with Gasteiger partial charge in [-0.1, -0.05) is 42.4 Å². The van der Waals surface area contributed by atoms with E-state index in [0.717, 1.165) is 25.7 Å². The topological polar surface area (TPSA) is 103 Å². The molecule has 0 aliphatic heterocycles. The average Bonchev–Trinajstić information content (AvgIpc) is 3.13. The number of nitrogens with zero attached hydrogens (tertiary/aromatic N) is 3. The van der Waals surface area contributed by atoms with E-state index in [0.29, 0.717) is 16.1 Å². The number of benzene rings is 1. The lowest BCUT2D eigenvalue weighted by Crippen LogP contribution is -2.34. The molecule has 1 saturated carbocycles. The third kappa shape index (κ3) is 3.90. The van der Waals surface area contributed by atoms with Gasteiger partial charge in [-0.05, 0) is 31.0 Å². The third-order valence-corrected chi connectivity index (χ3v) is 5.02. The molecule has 1 amide bonds. The van der Waals surface area contributed by atoms with Crippen LogP contribution < -0.4 is 11.1 Å². The Labute approximate surface area is 159 Å². The molecule has 142 valence electrons. The number of aromatic nitrogens is 3. The molecular formula is C18H19ClN4O4. The highest BCUT2D eigenvalue weighted by atomic mass is 35.5. The van der Waals surface area contributed by atoms with Crippen molar-refractivity contribution < 1.29 is 13.7 Å². The molecule has 1 aromatic carbocycles. The van der Waals surface area contributed by atoms with Crippen LogP contribution in [-0.4, -0.2) is 26.7 Å². The molecule has 1 N–H and O–H groups in total. The van der Waals surface area contributed by atoms with E-state index in [9.17, 15) is 9.59 Å². The highest BCUT2D eigenvalue weighted by molar-refractivity contribution is 6.31. The van der Waals surface area contributed by atoms with Crippen LogP contribution in [0.25, 0.3) is 11.1 Å². The predicted octanol–water partition coefficient (Wildman–Crippen LogP) is 3.13. The van der Waals surface area contributed by atoms with Gasteiger partial charge < -0.3 is 14.3 Å². The van der Waals surface area contributed by atoms with Crippen LogP contribution in [-0.2, 0) is 6.54 Å². The van der Waals surface area contributed by atoms with Crippen LogP contribution in [0.4, 0.5) is 0 Å². The van der Waals surface area contributed by atoms with Crippen LogP contribution in [0.3, 0.4) is 0 Å². The number of rotatable bonds is 4. The van der Waals surface area contributed by atoms with Crippen molar-refractivity contribution in [2.75, 3.05) is 0 Å². The first-order chi connectivity index (χ1) is 13.1. The summed E-state index contributed by atoms with van der Waals surface area (Å²) in [4.78, 5) is 28.6. The van der Waals surface area contributed by atoms with Crippen LogP contribution >= 0.6 is 11.6 Å². The first kappa shape index (κ1) is 17.8. The first-order valence-corrected chi connectivity index (χ1v) is 9.40. The number of hydrogen-bond acceptors (Lipinski definition) is 6. The van der Waals surface area contributed by atoms with Gasteiger partial charge in [0.15, 0.2) is 11.4 Å². The van der Waals surface area contributed by atoms with Gasteiger partial charge >= 0.3 is 17.6 Å². The highest BCUT2D eigenvalue weighted by Crippen LogP contribution is 2.19. The summed E-state index contributed by atoms with van der Waals surface area (Å²) in [5.74, 6) is -0.825. The number of carbonyl (C=O) groups excluding carboxylic acids is 1.